The number of rotatable bonds is 3. The zero-order valence-corrected chi connectivity index (χ0v) is 8.86. The summed E-state index contributed by atoms with van der Waals surface area (Å²) in [5, 5.41) is 7.62. The molecule has 86 valence electrons. The van der Waals surface area contributed by atoms with E-state index in [4.69, 9.17) is 10.1 Å². The van der Waals surface area contributed by atoms with Crippen LogP contribution in [0.15, 0.2) is 6.33 Å². The number of fused-ring (bicyclic) bond motifs is 1. The molecule has 1 aromatic rings. The van der Waals surface area contributed by atoms with Crippen molar-refractivity contribution in [3.05, 3.63) is 17.7 Å². The standard InChI is InChI=1S/C10H12FN3O2/c1-2-16-10(15)8(12)9-7-3-6(11)4-14(7)5-13-9/h5-6,12H,2-4H2,1H3/t6-/m1/s1. The average Bonchev–Trinajstić information content (AvgIpc) is 2.75. The summed E-state index contributed by atoms with van der Waals surface area (Å²) in [5.41, 5.74) is 0.536. The van der Waals surface area contributed by atoms with Gasteiger partial charge in [-0.2, -0.15) is 0 Å². The summed E-state index contributed by atoms with van der Waals surface area (Å²) in [6.07, 6.45) is 0.710. The largest absolute Gasteiger partial charge is 0.461 e. The third kappa shape index (κ3) is 1.70. The number of carbonyl (C=O) groups excluding carboxylic acids is 1. The van der Waals surface area contributed by atoms with Gasteiger partial charge in [-0.3, -0.25) is 5.41 Å². The highest BCUT2D eigenvalue weighted by Gasteiger charge is 2.28. The Hall–Kier alpha value is -1.72. The molecule has 2 heterocycles. The number of imidazole rings is 1. The molecule has 16 heavy (non-hydrogen) atoms. The van der Waals surface area contributed by atoms with Gasteiger partial charge in [-0.1, -0.05) is 0 Å². The van der Waals surface area contributed by atoms with Crippen LogP contribution in [0.5, 0.6) is 0 Å². The van der Waals surface area contributed by atoms with E-state index in [1.807, 2.05) is 0 Å². The highest BCUT2D eigenvalue weighted by Crippen LogP contribution is 2.21. The minimum Gasteiger partial charge on any atom is -0.461 e. The van der Waals surface area contributed by atoms with Crippen LogP contribution in [-0.2, 0) is 22.5 Å². The predicted octanol–water partition coefficient (Wildman–Crippen LogP) is 0.708. The van der Waals surface area contributed by atoms with E-state index in [1.54, 1.807) is 11.5 Å². The molecule has 0 saturated carbocycles. The lowest BCUT2D eigenvalue weighted by atomic mass is 10.1. The normalized spacial score (nSPS) is 18.2. The van der Waals surface area contributed by atoms with E-state index in [9.17, 15) is 9.18 Å². The number of halogens is 1. The summed E-state index contributed by atoms with van der Waals surface area (Å²) in [5.74, 6) is -0.716. The zero-order chi connectivity index (χ0) is 11.7. The first kappa shape index (κ1) is 10.8. The maximum atomic E-state index is 13.1. The van der Waals surface area contributed by atoms with Crippen molar-refractivity contribution >= 4 is 11.7 Å². The first-order valence-electron chi connectivity index (χ1n) is 5.07. The van der Waals surface area contributed by atoms with Crippen LogP contribution in [0.1, 0.15) is 18.3 Å². The smallest absolute Gasteiger partial charge is 0.358 e. The van der Waals surface area contributed by atoms with E-state index in [1.165, 1.54) is 6.33 Å². The van der Waals surface area contributed by atoms with Crippen LogP contribution in [0.4, 0.5) is 4.39 Å². The summed E-state index contributed by atoms with van der Waals surface area (Å²) in [6, 6.07) is 0. The van der Waals surface area contributed by atoms with Gasteiger partial charge in [0.25, 0.3) is 0 Å². The van der Waals surface area contributed by atoms with Gasteiger partial charge >= 0.3 is 5.97 Å². The number of alkyl halides is 1. The number of hydrogen-bond donors (Lipinski definition) is 1. The fourth-order valence-corrected chi connectivity index (χ4v) is 1.78. The molecule has 0 unspecified atom stereocenters. The van der Waals surface area contributed by atoms with Gasteiger partial charge in [-0.05, 0) is 6.92 Å². The van der Waals surface area contributed by atoms with Gasteiger partial charge in [0.2, 0.25) is 0 Å². The molecular formula is C10H12FN3O2. The molecule has 0 aliphatic carbocycles. The van der Waals surface area contributed by atoms with Crippen LogP contribution in [0.2, 0.25) is 0 Å². The number of carbonyl (C=O) groups is 1. The Bertz CT molecular complexity index is 441. The van der Waals surface area contributed by atoms with E-state index in [0.717, 1.165) is 0 Å². The molecule has 1 aromatic heterocycles. The lowest BCUT2D eigenvalue weighted by Crippen LogP contribution is -2.19. The van der Waals surface area contributed by atoms with Gasteiger partial charge in [-0.25, -0.2) is 14.2 Å². The van der Waals surface area contributed by atoms with Crippen molar-refractivity contribution in [3.63, 3.8) is 0 Å². The van der Waals surface area contributed by atoms with Gasteiger partial charge in [0.15, 0.2) is 5.71 Å². The second-order valence-electron chi connectivity index (χ2n) is 3.59. The third-order valence-electron chi connectivity index (χ3n) is 2.47. The van der Waals surface area contributed by atoms with Crippen molar-refractivity contribution in [2.24, 2.45) is 0 Å². The van der Waals surface area contributed by atoms with Crippen LogP contribution in [0, 0.1) is 5.41 Å². The summed E-state index contributed by atoms with van der Waals surface area (Å²) in [7, 11) is 0. The fraction of sp³-hybridized carbons (Fsp3) is 0.500. The molecule has 1 aliphatic heterocycles. The Morgan fingerprint density at radius 1 is 1.81 bits per heavy atom. The molecule has 0 amide bonds. The number of aromatic nitrogens is 2. The Kier molecular flexibility index (Phi) is 2.72. The first-order chi connectivity index (χ1) is 7.63. The van der Waals surface area contributed by atoms with E-state index in [0.29, 0.717) is 5.69 Å². The van der Waals surface area contributed by atoms with Crippen molar-refractivity contribution in [1.82, 2.24) is 9.55 Å². The summed E-state index contributed by atoms with van der Waals surface area (Å²) in [4.78, 5) is 15.3. The molecule has 0 spiro atoms. The molecule has 1 N–H and O–H groups in total. The Morgan fingerprint density at radius 3 is 3.25 bits per heavy atom. The highest BCUT2D eigenvalue weighted by molar-refractivity contribution is 6.41. The van der Waals surface area contributed by atoms with Crippen molar-refractivity contribution in [1.29, 1.82) is 5.41 Å². The van der Waals surface area contributed by atoms with Crippen molar-refractivity contribution in [2.75, 3.05) is 6.61 Å². The summed E-state index contributed by atoms with van der Waals surface area (Å²) < 4.78 is 19.4. The lowest BCUT2D eigenvalue weighted by molar-refractivity contribution is -0.135. The van der Waals surface area contributed by atoms with Crippen LogP contribution in [0.25, 0.3) is 0 Å². The second kappa shape index (κ2) is 4.03. The van der Waals surface area contributed by atoms with Crippen LogP contribution in [-0.4, -0.2) is 34.0 Å². The van der Waals surface area contributed by atoms with Crippen molar-refractivity contribution < 1.29 is 13.9 Å². The van der Waals surface area contributed by atoms with E-state index < -0.39 is 12.1 Å². The minimum absolute atomic E-state index is 0.205. The quantitative estimate of drug-likeness (QED) is 0.608. The van der Waals surface area contributed by atoms with Gasteiger partial charge in [0.1, 0.15) is 11.9 Å². The van der Waals surface area contributed by atoms with Gasteiger partial charge in [0.05, 0.1) is 25.2 Å². The van der Waals surface area contributed by atoms with E-state index in [2.05, 4.69) is 4.98 Å². The van der Waals surface area contributed by atoms with Gasteiger partial charge in [0, 0.05) is 6.42 Å². The maximum absolute atomic E-state index is 13.1. The summed E-state index contributed by atoms with van der Waals surface area (Å²) >= 11 is 0. The molecule has 1 aliphatic rings. The van der Waals surface area contributed by atoms with E-state index >= 15 is 0 Å². The number of esters is 1. The number of nitrogens with one attached hydrogen (secondary N) is 1. The monoisotopic (exact) mass is 225 g/mol. The molecule has 0 radical (unpaired) electrons. The first-order valence-corrected chi connectivity index (χ1v) is 5.07. The predicted molar refractivity (Wildman–Crippen MR) is 54.3 cm³/mol. The molecular weight excluding hydrogens is 213 g/mol. The fourth-order valence-electron chi connectivity index (χ4n) is 1.78. The van der Waals surface area contributed by atoms with E-state index in [-0.39, 0.29) is 31.0 Å². The summed E-state index contributed by atoms with van der Waals surface area (Å²) in [6.45, 7) is 2.13. The number of nitrogens with zero attached hydrogens (tertiary/aromatic N) is 2. The SMILES string of the molecule is CCOC(=O)C(=N)c1ncn2c1C[C@@H](F)C2. The number of hydrogen-bond acceptors (Lipinski definition) is 4. The molecule has 0 bridgehead atoms. The van der Waals surface area contributed by atoms with Crippen LogP contribution < -0.4 is 0 Å². The molecule has 0 aromatic carbocycles. The minimum atomic E-state index is -0.952. The van der Waals surface area contributed by atoms with Gasteiger partial charge < -0.3 is 9.30 Å². The molecule has 6 heteroatoms. The topological polar surface area (TPSA) is 68.0 Å². The second-order valence-corrected chi connectivity index (χ2v) is 3.59. The Morgan fingerprint density at radius 2 is 2.56 bits per heavy atom. The lowest BCUT2D eigenvalue weighted by Gasteiger charge is -2.02. The van der Waals surface area contributed by atoms with Crippen LogP contribution in [0.3, 0.4) is 0 Å². The zero-order valence-electron chi connectivity index (χ0n) is 8.86. The highest BCUT2D eigenvalue weighted by atomic mass is 19.1. The molecule has 5 nitrogen and oxygen atoms in total. The van der Waals surface area contributed by atoms with Crippen LogP contribution >= 0.6 is 0 Å². The number of ether oxygens (including phenoxy) is 1. The Labute approximate surface area is 91.7 Å². The van der Waals surface area contributed by atoms with Gasteiger partial charge in [-0.15, -0.1) is 0 Å². The molecule has 0 saturated heterocycles. The maximum Gasteiger partial charge on any atom is 0.358 e. The third-order valence-corrected chi connectivity index (χ3v) is 2.47. The Balaban J connectivity index is 2.23. The van der Waals surface area contributed by atoms with Crippen molar-refractivity contribution in [2.45, 2.75) is 26.1 Å². The molecule has 1 atom stereocenters. The van der Waals surface area contributed by atoms with Crippen molar-refractivity contribution in [3.8, 4) is 0 Å². The molecule has 2 rings (SSSR count). The molecule has 0 fully saturated rings. The average molecular weight is 225 g/mol.